The SMILES string of the molecule is CCC/C=C\CCCCCCCC(=O)NC(COC1OC(CO)C(OC2OC(CO)C(O)C(O)C2O)C(O)C1O)C(O)/C=C/CC/C=C/CC/C=C/CCCCCCCCCCCCCC. The molecule has 0 spiro atoms. The molecular formula is C52H93NO13. The van der Waals surface area contributed by atoms with Gasteiger partial charge in [0.25, 0.3) is 0 Å². The summed E-state index contributed by atoms with van der Waals surface area (Å²) in [5.74, 6) is -0.268. The van der Waals surface area contributed by atoms with Crippen molar-refractivity contribution in [3.8, 4) is 0 Å². The second kappa shape index (κ2) is 38.8. The predicted molar refractivity (Wildman–Crippen MR) is 258 cm³/mol. The molecule has 2 fully saturated rings. The van der Waals surface area contributed by atoms with Crippen LogP contribution < -0.4 is 5.32 Å². The van der Waals surface area contributed by atoms with Crippen LogP contribution in [-0.4, -0.2) is 140 Å². The Labute approximate surface area is 397 Å². The number of hydrogen-bond donors (Lipinski definition) is 9. The summed E-state index contributed by atoms with van der Waals surface area (Å²) < 4.78 is 22.6. The highest BCUT2D eigenvalue weighted by atomic mass is 16.7. The summed E-state index contributed by atoms with van der Waals surface area (Å²) in [5, 5.41) is 86.6. The summed E-state index contributed by atoms with van der Waals surface area (Å²) in [7, 11) is 0. The lowest BCUT2D eigenvalue weighted by Gasteiger charge is -2.46. The molecule has 0 aromatic heterocycles. The first kappa shape index (κ1) is 60.1. The Hall–Kier alpha value is -2.05. The van der Waals surface area contributed by atoms with Gasteiger partial charge in [-0.05, 0) is 64.2 Å². The van der Waals surface area contributed by atoms with Gasteiger partial charge in [-0.3, -0.25) is 4.79 Å². The minimum atomic E-state index is -1.79. The molecular weight excluding hydrogens is 847 g/mol. The van der Waals surface area contributed by atoms with Crippen molar-refractivity contribution in [1.29, 1.82) is 0 Å². The smallest absolute Gasteiger partial charge is 0.220 e. The van der Waals surface area contributed by atoms with Crippen molar-refractivity contribution in [2.75, 3.05) is 19.8 Å². The van der Waals surface area contributed by atoms with E-state index in [0.717, 1.165) is 70.6 Å². The van der Waals surface area contributed by atoms with Gasteiger partial charge in [0.05, 0.1) is 32.0 Å². The molecule has 2 heterocycles. The Morgan fingerprint density at radius 1 is 0.530 bits per heavy atom. The maximum atomic E-state index is 13.1. The second-order valence-electron chi connectivity index (χ2n) is 18.3. The summed E-state index contributed by atoms with van der Waals surface area (Å²) >= 11 is 0. The van der Waals surface area contributed by atoms with Crippen LogP contribution in [0.2, 0.25) is 0 Å². The third-order valence-electron chi connectivity index (χ3n) is 12.4. The number of unbranched alkanes of at least 4 members (excludes halogenated alkanes) is 20. The first-order valence-electron chi connectivity index (χ1n) is 25.9. The Morgan fingerprint density at radius 3 is 1.55 bits per heavy atom. The Bertz CT molecular complexity index is 1290. The molecule has 2 rings (SSSR count). The lowest BCUT2D eigenvalue weighted by molar-refractivity contribution is -0.359. The average Bonchev–Trinajstić information content (AvgIpc) is 3.31. The number of rotatable bonds is 39. The molecule has 1 amide bonds. The van der Waals surface area contributed by atoms with E-state index in [9.17, 15) is 45.6 Å². The highest BCUT2D eigenvalue weighted by molar-refractivity contribution is 5.76. The monoisotopic (exact) mass is 940 g/mol. The van der Waals surface area contributed by atoms with E-state index in [1.807, 2.05) is 6.08 Å². The quantitative estimate of drug-likeness (QED) is 0.0227. The van der Waals surface area contributed by atoms with Crippen LogP contribution in [0.15, 0.2) is 48.6 Å². The highest BCUT2D eigenvalue weighted by Crippen LogP contribution is 2.30. The van der Waals surface area contributed by atoms with Crippen LogP contribution in [0.1, 0.15) is 181 Å². The van der Waals surface area contributed by atoms with E-state index in [-0.39, 0.29) is 18.9 Å². The number of allylic oxidation sites excluding steroid dienone is 7. The molecule has 0 aromatic carbocycles. The molecule has 9 N–H and O–H groups in total. The molecule has 14 nitrogen and oxygen atoms in total. The molecule has 14 heteroatoms. The van der Waals surface area contributed by atoms with E-state index >= 15 is 0 Å². The zero-order chi connectivity index (χ0) is 48.2. The first-order valence-corrected chi connectivity index (χ1v) is 25.9. The van der Waals surface area contributed by atoms with Crippen molar-refractivity contribution in [2.24, 2.45) is 0 Å². The lowest BCUT2D eigenvalue weighted by atomic mass is 9.97. The predicted octanol–water partition coefficient (Wildman–Crippen LogP) is 6.88. The largest absolute Gasteiger partial charge is 0.394 e. The van der Waals surface area contributed by atoms with Gasteiger partial charge in [0, 0.05) is 6.42 Å². The maximum Gasteiger partial charge on any atom is 0.220 e. The molecule has 66 heavy (non-hydrogen) atoms. The fourth-order valence-electron chi connectivity index (χ4n) is 8.21. The van der Waals surface area contributed by atoms with Crippen molar-refractivity contribution >= 4 is 5.91 Å². The zero-order valence-corrected chi connectivity index (χ0v) is 40.7. The average molecular weight is 940 g/mol. The van der Waals surface area contributed by atoms with Crippen molar-refractivity contribution < 1.29 is 64.6 Å². The number of aliphatic hydroxyl groups excluding tert-OH is 8. The molecule has 2 saturated heterocycles. The fourth-order valence-corrected chi connectivity index (χ4v) is 8.21. The van der Waals surface area contributed by atoms with Gasteiger partial charge in [-0.25, -0.2) is 0 Å². The van der Waals surface area contributed by atoms with Crippen LogP contribution in [0, 0.1) is 0 Å². The van der Waals surface area contributed by atoms with Gasteiger partial charge in [0.1, 0.15) is 48.8 Å². The van der Waals surface area contributed by atoms with Gasteiger partial charge in [0.2, 0.25) is 5.91 Å². The first-order chi connectivity index (χ1) is 32.1. The minimum absolute atomic E-state index is 0.257. The van der Waals surface area contributed by atoms with Gasteiger partial charge in [-0.15, -0.1) is 0 Å². The van der Waals surface area contributed by atoms with E-state index in [4.69, 9.17) is 18.9 Å². The van der Waals surface area contributed by atoms with Crippen LogP contribution in [0.4, 0.5) is 0 Å². The minimum Gasteiger partial charge on any atom is -0.394 e. The van der Waals surface area contributed by atoms with E-state index in [1.54, 1.807) is 6.08 Å². The van der Waals surface area contributed by atoms with Crippen LogP contribution in [-0.2, 0) is 23.7 Å². The van der Waals surface area contributed by atoms with Crippen LogP contribution in [0.3, 0.4) is 0 Å². The topological polar surface area (TPSA) is 228 Å². The second-order valence-corrected chi connectivity index (χ2v) is 18.3. The molecule has 0 aliphatic carbocycles. The van der Waals surface area contributed by atoms with Crippen molar-refractivity contribution in [1.82, 2.24) is 5.32 Å². The van der Waals surface area contributed by atoms with Crippen LogP contribution >= 0.6 is 0 Å². The molecule has 0 bridgehead atoms. The lowest BCUT2D eigenvalue weighted by Crippen LogP contribution is -2.65. The van der Waals surface area contributed by atoms with Crippen LogP contribution in [0.25, 0.3) is 0 Å². The molecule has 2 aliphatic heterocycles. The molecule has 12 unspecified atom stereocenters. The Kier molecular flexibility index (Phi) is 35.3. The molecule has 0 saturated carbocycles. The van der Waals surface area contributed by atoms with E-state index < -0.39 is 86.8 Å². The maximum absolute atomic E-state index is 13.1. The number of carbonyl (C=O) groups is 1. The van der Waals surface area contributed by atoms with Gasteiger partial charge >= 0.3 is 0 Å². The molecule has 0 radical (unpaired) electrons. The van der Waals surface area contributed by atoms with Crippen LogP contribution in [0.5, 0.6) is 0 Å². The summed E-state index contributed by atoms with van der Waals surface area (Å²) in [5.41, 5.74) is 0. The molecule has 12 atom stereocenters. The Balaban J connectivity index is 1.83. The number of nitrogens with one attached hydrogen (secondary N) is 1. The molecule has 2 aliphatic rings. The standard InChI is InChI=1S/C52H93NO13/c1-3-5-7-9-11-13-15-16-17-18-19-20-21-22-23-24-25-26-27-29-31-33-35-41(56)40(53-44(57)36-34-32-30-28-14-12-10-8-6-4-2)39-63-51-49(62)47(60)50(43(38-55)65-51)66-52-48(61)46(59)45(58)42(37-54)64-52/h8,10,22-23,26-27,33,35,40-43,45-52,54-56,58-62H,3-7,9,11-21,24-25,28-32,34,36-39H2,1-2H3,(H,53,57)/b10-8-,23-22+,27-26+,35-33+. The molecule has 384 valence electrons. The highest BCUT2D eigenvalue weighted by Gasteiger charge is 2.51. The molecule has 0 aromatic rings. The van der Waals surface area contributed by atoms with Crippen molar-refractivity contribution in [2.45, 2.75) is 254 Å². The van der Waals surface area contributed by atoms with E-state index in [1.165, 1.54) is 77.0 Å². The van der Waals surface area contributed by atoms with Gasteiger partial charge in [-0.2, -0.15) is 0 Å². The summed E-state index contributed by atoms with van der Waals surface area (Å²) in [6, 6.07) is -0.940. The van der Waals surface area contributed by atoms with E-state index in [0.29, 0.717) is 12.8 Å². The summed E-state index contributed by atoms with van der Waals surface area (Å²) in [6.07, 6.45) is 28.9. The third kappa shape index (κ3) is 25.5. The normalized spacial score (nSPS) is 27.2. The number of ether oxygens (including phenoxy) is 4. The van der Waals surface area contributed by atoms with Crippen molar-refractivity contribution in [3.05, 3.63) is 48.6 Å². The number of hydrogen-bond acceptors (Lipinski definition) is 13. The fraction of sp³-hybridized carbons (Fsp3) is 0.827. The summed E-state index contributed by atoms with van der Waals surface area (Å²) in [6.45, 7) is 2.67. The number of amides is 1. The number of carbonyl (C=O) groups excluding carboxylic acids is 1. The van der Waals surface area contributed by atoms with Gasteiger partial charge in [0.15, 0.2) is 12.6 Å². The van der Waals surface area contributed by atoms with E-state index in [2.05, 4.69) is 55.6 Å². The third-order valence-corrected chi connectivity index (χ3v) is 12.4. The Morgan fingerprint density at radius 2 is 1.00 bits per heavy atom. The summed E-state index contributed by atoms with van der Waals surface area (Å²) in [4.78, 5) is 13.1. The van der Waals surface area contributed by atoms with Gasteiger partial charge in [-0.1, -0.05) is 159 Å². The zero-order valence-electron chi connectivity index (χ0n) is 40.7. The van der Waals surface area contributed by atoms with Crippen molar-refractivity contribution in [3.63, 3.8) is 0 Å². The number of aliphatic hydroxyl groups is 8. The van der Waals surface area contributed by atoms with Gasteiger partial charge < -0.3 is 65.1 Å².